The Morgan fingerprint density at radius 2 is 1.63 bits per heavy atom. The highest BCUT2D eigenvalue weighted by molar-refractivity contribution is 5.60. The monoisotopic (exact) mass is 254 g/mol. The number of benzene rings is 2. The normalized spacial score (nSPS) is 10.6. The van der Waals surface area contributed by atoms with Crippen LogP contribution in [0.2, 0.25) is 0 Å². The number of hydrogen-bond donors (Lipinski definition) is 1. The summed E-state index contributed by atoms with van der Waals surface area (Å²) >= 11 is 0. The molecule has 94 valence electrons. The third-order valence-electron chi connectivity index (χ3n) is 2.82. The largest absolute Gasteiger partial charge is 0.399 e. The van der Waals surface area contributed by atoms with E-state index in [1.54, 1.807) is 35.2 Å². The van der Waals surface area contributed by atoms with Gasteiger partial charge in [0.05, 0.1) is 0 Å². The average molecular weight is 254 g/mol. The van der Waals surface area contributed by atoms with Crippen LogP contribution in [-0.4, -0.2) is 14.8 Å². The first-order valence-corrected chi connectivity index (χ1v) is 5.76. The lowest BCUT2D eigenvalue weighted by Gasteiger charge is -2.06. The fourth-order valence-electron chi connectivity index (χ4n) is 1.85. The van der Waals surface area contributed by atoms with Gasteiger partial charge in [-0.15, -0.1) is 10.2 Å². The van der Waals surface area contributed by atoms with Crippen LogP contribution in [-0.2, 0) is 0 Å². The number of nitrogen functional groups attached to an aromatic ring is 1. The van der Waals surface area contributed by atoms with Gasteiger partial charge in [0, 0.05) is 16.9 Å². The molecule has 1 heterocycles. The van der Waals surface area contributed by atoms with Crippen LogP contribution < -0.4 is 5.73 Å². The number of halogens is 1. The summed E-state index contributed by atoms with van der Waals surface area (Å²) in [4.78, 5) is 0. The summed E-state index contributed by atoms with van der Waals surface area (Å²) in [6.07, 6.45) is 1.60. The number of nitrogens with zero attached hydrogens (tertiary/aromatic N) is 3. The molecule has 0 aliphatic heterocycles. The van der Waals surface area contributed by atoms with Gasteiger partial charge in [0.1, 0.15) is 12.1 Å². The molecule has 19 heavy (non-hydrogen) atoms. The minimum absolute atomic E-state index is 0.272. The summed E-state index contributed by atoms with van der Waals surface area (Å²) in [5.74, 6) is 0.414. The van der Waals surface area contributed by atoms with Crippen LogP contribution in [0.5, 0.6) is 0 Å². The lowest BCUT2D eigenvalue weighted by Crippen LogP contribution is -1.96. The Balaban J connectivity index is 2.07. The summed E-state index contributed by atoms with van der Waals surface area (Å²) in [5, 5.41) is 8.00. The van der Waals surface area contributed by atoms with Gasteiger partial charge in [0.15, 0.2) is 5.82 Å². The smallest absolute Gasteiger partial charge is 0.168 e. The van der Waals surface area contributed by atoms with Gasteiger partial charge in [0.2, 0.25) is 0 Å². The summed E-state index contributed by atoms with van der Waals surface area (Å²) in [6.45, 7) is 0. The molecule has 5 heteroatoms. The van der Waals surface area contributed by atoms with Crippen LogP contribution >= 0.6 is 0 Å². The van der Waals surface area contributed by atoms with E-state index in [0.29, 0.717) is 11.5 Å². The summed E-state index contributed by atoms with van der Waals surface area (Å²) in [6, 6.07) is 13.5. The van der Waals surface area contributed by atoms with Gasteiger partial charge in [-0.2, -0.15) is 0 Å². The van der Waals surface area contributed by atoms with Gasteiger partial charge < -0.3 is 5.73 Å². The maximum absolute atomic E-state index is 12.9. The predicted octanol–water partition coefficient (Wildman–Crippen LogP) is 2.66. The van der Waals surface area contributed by atoms with Crippen molar-refractivity contribution >= 4 is 5.69 Å². The van der Waals surface area contributed by atoms with Crippen LogP contribution in [0.4, 0.5) is 10.1 Å². The number of anilines is 1. The van der Waals surface area contributed by atoms with E-state index in [1.807, 2.05) is 12.1 Å². The molecule has 1 aromatic heterocycles. The van der Waals surface area contributed by atoms with Gasteiger partial charge >= 0.3 is 0 Å². The predicted molar refractivity (Wildman–Crippen MR) is 71.2 cm³/mol. The van der Waals surface area contributed by atoms with Crippen molar-refractivity contribution in [2.75, 3.05) is 5.73 Å². The van der Waals surface area contributed by atoms with E-state index >= 15 is 0 Å². The third kappa shape index (κ3) is 2.18. The molecule has 2 N–H and O–H groups in total. The Kier molecular flexibility index (Phi) is 2.72. The number of aromatic nitrogens is 3. The van der Waals surface area contributed by atoms with Crippen molar-refractivity contribution in [1.29, 1.82) is 0 Å². The van der Waals surface area contributed by atoms with Crippen LogP contribution in [0.15, 0.2) is 54.9 Å². The SMILES string of the molecule is Nc1ccc(-c2nncn2-c2ccc(F)cc2)cc1. The van der Waals surface area contributed by atoms with Crippen molar-refractivity contribution in [3.05, 3.63) is 60.7 Å². The maximum Gasteiger partial charge on any atom is 0.168 e. The highest BCUT2D eigenvalue weighted by atomic mass is 19.1. The van der Waals surface area contributed by atoms with E-state index < -0.39 is 0 Å². The average Bonchev–Trinajstić information content (AvgIpc) is 2.90. The maximum atomic E-state index is 12.9. The highest BCUT2D eigenvalue weighted by Gasteiger charge is 2.08. The van der Waals surface area contributed by atoms with Crippen molar-refractivity contribution < 1.29 is 4.39 Å². The minimum atomic E-state index is -0.272. The second-order valence-electron chi connectivity index (χ2n) is 4.12. The fraction of sp³-hybridized carbons (Fsp3) is 0. The standard InChI is InChI=1S/C14H11FN4/c15-11-3-7-13(8-4-11)19-9-17-18-14(19)10-1-5-12(16)6-2-10/h1-9H,16H2. The summed E-state index contributed by atoms with van der Waals surface area (Å²) in [7, 11) is 0. The first-order valence-electron chi connectivity index (χ1n) is 5.76. The molecule has 0 radical (unpaired) electrons. The van der Waals surface area contributed by atoms with Gasteiger partial charge in [-0.1, -0.05) is 0 Å². The molecule has 0 saturated carbocycles. The first-order chi connectivity index (χ1) is 9.24. The molecule has 4 nitrogen and oxygen atoms in total. The molecule has 3 rings (SSSR count). The molecule has 0 unspecified atom stereocenters. The summed E-state index contributed by atoms with van der Waals surface area (Å²) < 4.78 is 14.7. The van der Waals surface area contributed by atoms with E-state index in [-0.39, 0.29) is 5.82 Å². The first kappa shape index (κ1) is 11.4. The summed E-state index contributed by atoms with van der Waals surface area (Å²) in [5.41, 5.74) is 8.06. The molecule has 0 spiro atoms. The van der Waals surface area contributed by atoms with E-state index in [9.17, 15) is 4.39 Å². The Labute approximate surface area is 109 Å². The molecular formula is C14H11FN4. The molecule has 2 aromatic carbocycles. The number of rotatable bonds is 2. The second-order valence-corrected chi connectivity index (χ2v) is 4.12. The minimum Gasteiger partial charge on any atom is -0.399 e. The van der Waals surface area contributed by atoms with Gasteiger partial charge in [0.25, 0.3) is 0 Å². The zero-order valence-corrected chi connectivity index (χ0v) is 9.99. The van der Waals surface area contributed by atoms with Crippen molar-refractivity contribution in [2.24, 2.45) is 0 Å². The Bertz CT molecular complexity index is 626. The van der Waals surface area contributed by atoms with Crippen LogP contribution in [0.25, 0.3) is 17.1 Å². The Hall–Kier alpha value is -2.69. The molecule has 0 aliphatic carbocycles. The molecule has 3 aromatic rings. The zero-order chi connectivity index (χ0) is 13.2. The molecule has 0 bridgehead atoms. The topological polar surface area (TPSA) is 56.7 Å². The number of hydrogen-bond acceptors (Lipinski definition) is 3. The Morgan fingerprint density at radius 3 is 2.32 bits per heavy atom. The Morgan fingerprint density at radius 1 is 0.947 bits per heavy atom. The van der Waals surface area contributed by atoms with E-state index in [4.69, 9.17) is 5.73 Å². The van der Waals surface area contributed by atoms with Crippen molar-refractivity contribution in [2.45, 2.75) is 0 Å². The molecule has 0 atom stereocenters. The van der Waals surface area contributed by atoms with Crippen LogP contribution in [0.3, 0.4) is 0 Å². The zero-order valence-electron chi connectivity index (χ0n) is 9.99. The van der Waals surface area contributed by atoms with Gasteiger partial charge in [-0.25, -0.2) is 4.39 Å². The fourth-order valence-corrected chi connectivity index (χ4v) is 1.85. The number of nitrogens with two attached hydrogens (primary N) is 1. The third-order valence-corrected chi connectivity index (χ3v) is 2.82. The highest BCUT2D eigenvalue weighted by Crippen LogP contribution is 2.21. The quantitative estimate of drug-likeness (QED) is 0.715. The lowest BCUT2D eigenvalue weighted by atomic mass is 10.2. The molecule has 0 aliphatic rings. The molecule has 0 amide bonds. The second kappa shape index (κ2) is 4.53. The van der Waals surface area contributed by atoms with E-state index in [0.717, 1.165) is 11.3 Å². The van der Waals surface area contributed by atoms with Crippen molar-refractivity contribution in [3.8, 4) is 17.1 Å². The van der Waals surface area contributed by atoms with Gasteiger partial charge in [-0.05, 0) is 48.5 Å². The van der Waals surface area contributed by atoms with Crippen LogP contribution in [0, 0.1) is 5.82 Å². The van der Waals surface area contributed by atoms with Crippen molar-refractivity contribution in [1.82, 2.24) is 14.8 Å². The lowest BCUT2D eigenvalue weighted by molar-refractivity contribution is 0.627. The molecular weight excluding hydrogens is 243 g/mol. The van der Waals surface area contributed by atoms with E-state index in [1.165, 1.54) is 12.1 Å². The molecule has 0 fully saturated rings. The van der Waals surface area contributed by atoms with Crippen LogP contribution in [0.1, 0.15) is 0 Å². The van der Waals surface area contributed by atoms with Gasteiger partial charge in [-0.3, -0.25) is 4.57 Å². The molecule has 0 saturated heterocycles. The van der Waals surface area contributed by atoms with E-state index in [2.05, 4.69) is 10.2 Å². The van der Waals surface area contributed by atoms with Crippen molar-refractivity contribution in [3.63, 3.8) is 0 Å².